The number of benzene rings is 1. The van der Waals surface area contributed by atoms with Crippen LogP contribution in [0.5, 0.6) is 0 Å². The molecular weight excluding hydrogens is 395 g/mol. The smallest absolute Gasteiger partial charge is 0.297 e. The van der Waals surface area contributed by atoms with E-state index in [4.69, 9.17) is 13.7 Å². The third-order valence-electron chi connectivity index (χ3n) is 3.14. The number of halogens is 1. The second-order valence-corrected chi connectivity index (χ2v) is 7.08. The van der Waals surface area contributed by atoms with E-state index >= 15 is 0 Å². The van der Waals surface area contributed by atoms with Gasteiger partial charge in [0.2, 0.25) is 0 Å². The van der Waals surface area contributed by atoms with Crippen molar-refractivity contribution in [1.29, 1.82) is 0 Å². The predicted molar refractivity (Wildman–Crippen MR) is 82.4 cm³/mol. The molecule has 2 rings (SSSR count). The molecule has 1 aliphatic heterocycles. The molecule has 0 unspecified atom stereocenters. The van der Waals surface area contributed by atoms with Crippen molar-refractivity contribution in [2.45, 2.75) is 36.7 Å². The fourth-order valence-electron chi connectivity index (χ4n) is 1.99. The molecule has 0 amide bonds. The maximum absolute atomic E-state index is 12.2. The lowest BCUT2D eigenvalue weighted by molar-refractivity contribution is -0.110. The summed E-state index contributed by atoms with van der Waals surface area (Å²) in [4.78, 5) is 0.163. The molecule has 7 heteroatoms. The van der Waals surface area contributed by atoms with Crippen molar-refractivity contribution in [1.82, 2.24) is 0 Å². The van der Waals surface area contributed by atoms with Crippen LogP contribution in [0.4, 0.5) is 0 Å². The van der Waals surface area contributed by atoms with Crippen LogP contribution in [0.2, 0.25) is 0 Å². The Kier molecular flexibility index (Phi) is 5.41. The van der Waals surface area contributed by atoms with Gasteiger partial charge in [-0.15, -0.1) is 0 Å². The number of ether oxygens (including phenoxy) is 2. The predicted octanol–water partition coefficient (Wildman–Crippen LogP) is 2.27. The fourth-order valence-corrected chi connectivity index (χ4v) is 3.87. The zero-order chi connectivity index (χ0) is 14.8. The van der Waals surface area contributed by atoms with Crippen LogP contribution >= 0.6 is 22.6 Å². The first-order valence-electron chi connectivity index (χ1n) is 6.20. The van der Waals surface area contributed by atoms with Crippen molar-refractivity contribution in [3.63, 3.8) is 0 Å². The third-order valence-corrected chi connectivity index (χ3v) is 5.36. The fraction of sp³-hybridized carbons (Fsp3) is 0.538. The molecule has 0 saturated carbocycles. The Balaban J connectivity index is 2.13. The van der Waals surface area contributed by atoms with Crippen molar-refractivity contribution in [3.05, 3.63) is 29.8 Å². The van der Waals surface area contributed by atoms with Gasteiger partial charge in [0, 0.05) is 18.0 Å². The summed E-state index contributed by atoms with van der Waals surface area (Å²) < 4.78 is 41.1. The van der Waals surface area contributed by atoms with E-state index in [2.05, 4.69) is 22.6 Å². The van der Waals surface area contributed by atoms with Gasteiger partial charge in [0.25, 0.3) is 10.1 Å². The normalized spacial score (nSPS) is 26.9. The van der Waals surface area contributed by atoms with Crippen LogP contribution in [-0.2, 0) is 23.8 Å². The average Bonchev–Trinajstić information content (AvgIpc) is 2.80. The van der Waals surface area contributed by atoms with Gasteiger partial charge in [0.05, 0.1) is 11.0 Å². The summed E-state index contributed by atoms with van der Waals surface area (Å²) in [6, 6.07) is 6.59. The molecule has 112 valence electrons. The summed E-state index contributed by atoms with van der Waals surface area (Å²) in [5, 5.41) is 0. The van der Waals surface area contributed by atoms with Crippen LogP contribution in [0.3, 0.4) is 0 Å². The van der Waals surface area contributed by atoms with E-state index in [-0.39, 0.29) is 11.0 Å². The van der Waals surface area contributed by atoms with Crippen molar-refractivity contribution in [3.8, 4) is 0 Å². The number of hydrogen-bond donors (Lipinski definition) is 0. The van der Waals surface area contributed by atoms with E-state index in [0.717, 1.165) is 5.56 Å². The van der Waals surface area contributed by atoms with Gasteiger partial charge in [-0.3, -0.25) is 4.18 Å². The Hall–Kier alpha value is -0.220. The topological polar surface area (TPSA) is 61.8 Å². The molecule has 1 heterocycles. The molecule has 0 aliphatic carbocycles. The van der Waals surface area contributed by atoms with Crippen molar-refractivity contribution in [2.75, 3.05) is 11.5 Å². The third kappa shape index (κ3) is 3.70. The largest absolute Gasteiger partial charge is 0.356 e. The Labute approximate surface area is 132 Å². The molecule has 1 saturated heterocycles. The highest BCUT2D eigenvalue weighted by molar-refractivity contribution is 14.1. The van der Waals surface area contributed by atoms with E-state index in [1.165, 1.54) is 7.11 Å². The molecule has 1 aromatic rings. The summed E-state index contributed by atoms with van der Waals surface area (Å²) in [5.74, 6) is 0. The number of methoxy groups -OCH3 is 1. The number of alkyl halides is 1. The minimum absolute atomic E-state index is 0.163. The zero-order valence-corrected chi connectivity index (χ0v) is 14.3. The zero-order valence-electron chi connectivity index (χ0n) is 11.3. The van der Waals surface area contributed by atoms with Gasteiger partial charge < -0.3 is 9.47 Å². The van der Waals surface area contributed by atoms with Gasteiger partial charge in [-0.2, -0.15) is 8.42 Å². The van der Waals surface area contributed by atoms with E-state index in [1.807, 2.05) is 6.92 Å². The molecule has 5 nitrogen and oxygen atoms in total. The number of aryl methyl sites for hydroxylation is 1. The lowest BCUT2D eigenvalue weighted by Gasteiger charge is -2.16. The van der Waals surface area contributed by atoms with E-state index < -0.39 is 22.5 Å². The number of hydrogen-bond acceptors (Lipinski definition) is 5. The molecule has 1 aromatic carbocycles. The SMILES string of the molecule is CO[C@@H]1C[C@H](OS(=O)(=O)c2ccc(C)cc2)[C@@H](CI)O1. The molecule has 0 radical (unpaired) electrons. The Bertz CT molecular complexity index is 542. The molecule has 0 N–H and O–H groups in total. The Morgan fingerprint density at radius 3 is 2.55 bits per heavy atom. The van der Waals surface area contributed by atoms with Gasteiger partial charge >= 0.3 is 0 Å². The van der Waals surface area contributed by atoms with Gasteiger partial charge in [-0.25, -0.2) is 0 Å². The van der Waals surface area contributed by atoms with Crippen LogP contribution in [0.25, 0.3) is 0 Å². The minimum atomic E-state index is -3.77. The van der Waals surface area contributed by atoms with E-state index in [0.29, 0.717) is 10.8 Å². The molecule has 3 atom stereocenters. The highest BCUT2D eigenvalue weighted by atomic mass is 127. The maximum Gasteiger partial charge on any atom is 0.297 e. The lowest BCUT2D eigenvalue weighted by Crippen LogP contribution is -2.28. The molecule has 0 spiro atoms. The molecule has 1 fully saturated rings. The molecule has 20 heavy (non-hydrogen) atoms. The second-order valence-electron chi connectivity index (χ2n) is 4.63. The van der Waals surface area contributed by atoms with E-state index in [1.54, 1.807) is 24.3 Å². The standard InChI is InChI=1S/C13H17IO5S/c1-9-3-5-10(6-4-9)20(15,16)19-11-7-13(17-2)18-12(11)8-14/h3-6,11-13H,7-8H2,1-2H3/t11-,12+,13-/m0/s1. The second kappa shape index (κ2) is 6.69. The summed E-state index contributed by atoms with van der Waals surface area (Å²) in [6.45, 7) is 1.90. The van der Waals surface area contributed by atoms with E-state index in [9.17, 15) is 8.42 Å². The van der Waals surface area contributed by atoms with Crippen molar-refractivity contribution in [2.24, 2.45) is 0 Å². The van der Waals surface area contributed by atoms with Crippen LogP contribution in [0.15, 0.2) is 29.2 Å². The van der Waals surface area contributed by atoms with Crippen molar-refractivity contribution >= 4 is 32.7 Å². The van der Waals surface area contributed by atoms with Gasteiger partial charge in [-0.05, 0) is 19.1 Å². The average molecular weight is 412 g/mol. The first-order valence-corrected chi connectivity index (χ1v) is 9.14. The molecule has 1 aliphatic rings. The molecule has 0 bridgehead atoms. The van der Waals surface area contributed by atoms with Gasteiger partial charge in [-0.1, -0.05) is 40.3 Å². The summed E-state index contributed by atoms with van der Waals surface area (Å²) in [6.07, 6.45) is -0.785. The Morgan fingerprint density at radius 2 is 2.00 bits per heavy atom. The monoisotopic (exact) mass is 412 g/mol. The van der Waals surface area contributed by atoms with Crippen LogP contribution in [0.1, 0.15) is 12.0 Å². The van der Waals surface area contributed by atoms with Crippen molar-refractivity contribution < 1.29 is 22.1 Å². The summed E-state index contributed by atoms with van der Waals surface area (Å²) in [5.41, 5.74) is 0.998. The van der Waals surface area contributed by atoms with Gasteiger partial charge in [0.15, 0.2) is 6.29 Å². The molecular formula is C13H17IO5S. The molecule has 0 aromatic heterocycles. The van der Waals surface area contributed by atoms with Crippen LogP contribution in [-0.4, -0.2) is 38.5 Å². The minimum Gasteiger partial charge on any atom is -0.356 e. The highest BCUT2D eigenvalue weighted by Crippen LogP contribution is 2.28. The van der Waals surface area contributed by atoms with Crippen LogP contribution < -0.4 is 0 Å². The highest BCUT2D eigenvalue weighted by Gasteiger charge is 2.38. The first kappa shape index (κ1) is 16.2. The number of rotatable bonds is 5. The quantitative estimate of drug-likeness (QED) is 0.422. The first-order chi connectivity index (χ1) is 9.46. The summed E-state index contributed by atoms with van der Waals surface area (Å²) in [7, 11) is -2.24. The maximum atomic E-state index is 12.2. The van der Waals surface area contributed by atoms with Crippen LogP contribution in [0, 0.1) is 6.92 Å². The lowest BCUT2D eigenvalue weighted by atomic mass is 10.2. The van der Waals surface area contributed by atoms with Gasteiger partial charge in [0.1, 0.15) is 6.10 Å². The Morgan fingerprint density at radius 1 is 1.35 bits per heavy atom. The summed E-state index contributed by atoms with van der Waals surface area (Å²) >= 11 is 2.15.